The van der Waals surface area contributed by atoms with Crippen LogP contribution in [-0.4, -0.2) is 8.42 Å². The summed E-state index contributed by atoms with van der Waals surface area (Å²) in [4.78, 5) is 0. The minimum absolute atomic E-state index is 0.280. The first kappa shape index (κ1) is 10.0. The van der Waals surface area contributed by atoms with Gasteiger partial charge >= 0.3 is 10.3 Å². The van der Waals surface area contributed by atoms with Crippen LogP contribution in [0.1, 0.15) is 11.1 Å². The molecule has 5 heteroatoms. The highest BCUT2D eigenvalue weighted by atomic mass is 32.2. The van der Waals surface area contributed by atoms with E-state index in [1.165, 1.54) is 0 Å². The van der Waals surface area contributed by atoms with Crippen molar-refractivity contribution in [2.45, 2.75) is 13.8 Å². The van der Waals surface area contributed by atoms with Crippen LogP contribution in [0.2, 0.25) is 0 Å². The van der Waals surface area contributed by atoms with E-state index in [-0.39, 0.29) is 5.75 Å². The van der Waals surface area contributed by atoms with Gasteiger partial charge < -0.3 is 4.18 Å². The van der Waals surface area contributed by atoms with E-state index in [1.54, 1.807) is 19.1 Å². The molecule has 0 unspecified atom stereocenters. The molecule has 0 aromatic heterocycles. The van der Waals surface area contributed by atoms with Gasteiger partial charge in [0, 0.05) is 0 Å². The average Bonchev–Trinajstić information content (AvgIpc) is 1.96. The van der Waals surface area contributed by atoms with Crippen molar-refractivity contribution in [3.05, 3.63) is 29.3 Å². The summed E-state index contributed by atoms with van der Waals surface area (Å²) in [6, 6.07) is 5.14. The first-order valence-corrected chi connectivity index (χ1v) is 5.16. The fourth-order valence-electron chi connectivity index (χ4n) is 0.940. The fraction of sp³-hybridized carbons (Fsp3) is 0.250. The molecule has 0 saturated heterocycles. The molecule has 0 amide bonds. The van der Waals surface area contributed by atoms with Crippen molar-refractivity contribution >= 4 is 10.3 Å². The molecule has 0 fully saturated rings. The summed E-state index contributed by atoms with van der Waals surface area (Å²) in [5, 5.41) is 4.74. The second kappa shape index (κ2) is 3.35. The summed E-state index contributed by atoms with van der Waals surface area (Å²) in [5.41, 5.74) is 1.73. The molecule has 0 atom stereocenters. The Bertz CT molecular complexity index is 411. The number of hydrogen-bond acceptors (Lipinski definition) is 3. The van der Waals surface area contributed by atoms with Crippen LogP contribution < -0.4 is 9.32 Å². The highest BCUT2D eigenvalue weighted by molar-refractivity contribution is 7.84. The zero-order valence-corrected chi connectivity index (χ0v) is 8.26. The highest BCUT2D eigenvalue weighted by Crippen LogP contribution is 2.21. The maximum atomic E-state index is 10.6. The van der Waals surface area contributed by atoms with Gasteiger partial charge in [-0.15, -0.1) is 0 Å². The van der Waals surface area contributed by atoms with Crippen molar-refractivity contribution in [3.63, 3.8) is 0 Å². The lowest BCUT2D eigenvalue weighted by molar-refractivity contribution is 0.485. The third kappa shape index (κ3) is 2.71. The molecule has 2 N–H and O–H groups in total. The number of rotatable bonds is 2. The minimum atomic E-state index is -3.92. The Labute approximate surface area is 77.6 Å². The molecule has 0 aliphatic rings. The monoisotopic (exact) mass is 201 g/mol. The maximum absolute atomic E-state index is 10.6. The molecular formula is C8H11NO3S. The average molecular weight is 201 g/mol. The van der Waals surface area contributed by atoms with Gasteiger partial charge in [-0.1, -0.05) is 12.1 Å². The molecule has 1 rings (SSSR count). The second-order valence-electron chi connectivity index (χ2n) is 2.77. The Morgan fingerprint density at radius 3 is 2.46 bits per heavy atom. The lowest BCUT2D eigenvalue weighted by atomic mass is 10.1. The number of hydrogen-bond donors (Lipinski definition) is 1. The molecule has 0 bridgehead atoms. The molecule has 0 saturated carbocycles. The maximum Gasteiger partial charge on any atom is 0.380 e. The Kier molecular flexibility index (Phi) is 2.58. The predicted octanol–water partition coefficient (Wildman–Crippen LogP) is 0.886. The van der Waals surface area contributed by atoms with Gasteiger partial charge in [0.15, 0.2) is 0 Å². The third-order valence-corrected chi connectivity index (χ3v) is 2.17. The van der Waals surface area contributed by atoms with Crippen molar-refractivity contribution in [3.8, 4) is 5.75 Å². The molecular weight excluding hydrogens is 190 g/mol. The number of benzene rings is 1. The van der Waals surface area contributed by atoms with E-state index < -0.39 is 10.3 Å². The van der Waals surface area contributed by atoms with E-state index in [0.29, 0.717) is 0 Å². The van der Waals surface area contributed by atoms with Gasteiger partial charge in [-0.05, 0) is 31.0 Å². The topological polar surface area (TPSA) is 69.4 Å². The molecule has 1 aromatic rings. The van der Waals surface area contributed by atoms with Crippen molar-refractivity contribution in [2.24, 2.45) is 5.14 Å². The molecule has 0 heterocycles. The van der Waals surface area contributed by atoms with E-state index in [4.69, 9.17) is 5.14 Å². The van der Waals surface area contributed by atoms with Gasteiger partial charge in [-0.25, -0.2) is 0 Å². The van der Waals surface area contributed by atoms with Crippen LogP contribution in [-0.2, 0) is 10.3 Å². The molecule has 0 aliphatic heterocycles. The summed E-state index contributed by atoms with van der Waals surface area (Å²) in [6.45, 7) is 3.64. The second-order valence-corrected chi connectivity index (χ2v) is 3.93. The first-order chi connectivity index (χ1) is 5.90. The lowest BCUT2D eigenvalue weighted by Gasteiger charge is -2.07. The summed E-state index contributed by atoms with van der Waals surface area (Å²) >= 11 is 0. The predicted molar refractivity (Wildman–Crippen MR) is 49.7 cm³/mol. The van der Waals surface area contributed by atoms with Gasteiger partial charge in [0.1, 0.15) is 5.75 Å². The highest BCUT2D eigenvalue weighted by Gasteiger charge is 2.08. The Morgan fingerprint density at radius 2 is 1.92 bits per heavy atom. The van der Waals surface area contributed by atoms with Crippen LogP contribution in [0.5, 0.6) is 5.75 Å². The van der Waals surface area contributed by atoms with E-state index in [0.717, 1.165) is 11.1 Å². The van der Waals surface area contributed by atoms with Crippen molar-refractivity contribution in [1.29, 1.82) is 0 Å². The van der Waals surface area contributed by atoms with Gasteiger partial charge in [0.25, 0.3) is 0 Å². The SMILES string of the molecule is Cc1cccc(OS(N)(=O)=O)c1C. The summed E-state index contributed by atoms with van der Waals surface area (Å²) in [6.07, 6.45) is 0. The van der Waals surface area contributed by atoms with Crippen LogP contribution >= 0.6 is 0 Å². The van der Waals surface area contributed by atoms with E-state index in [1.807, 2.05) is 13.0 Å². The lowest BCUT2D eigenvalue weighted by Crippen LogP contribution is -2.19. The van der Waals surface area contributed by atoms with Crippen LogP contribution in [0.15, 0.2) is 18.2 Å². The third-order valence-electron chi connectivity index (χ3n) is 1.76. The van der Waals surface area contributed by atoms with Gasteiger partial charge in [0.2, 0.25) is 0 Å². The van der Waals surface area contributed by atoms with Crippen molar-refractivity contribution in [1.82, 2.24) is 0 Å². The van der Waals surface area contributed by atoms with E-state index in [9.17, 15) is 8.42 Å². The van der Waals surface area contributed by atoms with Gasteiger partial charge in [0.05, 0.1) is 0 Å². The molecule has 0 aliphatic carbocycles. The van der Waals surface area contributed by atoms with Crippen LogP contribution in [0.4, 0.5) is 0 Å². The molecule has 0 spiro atoms. The molecule has 0 radical (unpaired) electrons. The first-order valence-electron chi connectivity index (χ1n) is 3.68. The zero-order valence-electron chi connectivity index (χ0n) is 7.44. The zero-order chi connectivity index (χ0) is 10.1. The normalized spacial score (nSPS) is 11.3. The van der Waals surface area contributed by atoms with E-state index in [2.05, 4.69) is 4.18 Å². The molecule has 1 aromatic carbocycles. The summed E-state index contributed by atoms with van der Waals surface area (Å²) in [5.74, 6) is 0.280. The van der Waals surface area contributed by atoms with Crippen molar-refractivity contribution in [2.75, 3.05) is 0 Å². The van der Waals surface area contributed by atoms with Crippen LogP contribution in [0, 0.1) is 13.8 Å². The Hall–Kier alpha value is -1.07. The number of aryl methyl sites for hydroxylation is 1. The summed E-state index contributed by atoms with van der Waals surface area (Å²) in [7, 11) is -3.92. The standard InChI is InChI=1S/C8H11NO3S/c1-6-4-3-5-8(7(6)2)12-13(9,10)11/h3-5H,1-2H3,(H2,9,10,11). The minimum Gasteiger partial charge on any atom is -0.371 e. The molecule has 13 heavy (non-hydrogen) atoms. The molecule has 72 valence electrons. The van der Waals surface area contributed by atoms with Gasteiger partial charge in [-0.2, -0.15) is 13.6 Å². The van der Waals surface area contributed by atoms with Gasteiger partial charge in [-0.3, -0.25) is 0 Å². The van der Waals surface area contributed by atoms with Crippen LogP contribution in [0.25, 0.3) is 0 Å². The van der Waals surface area contributed by atoms with Crippen LogP contribution in [0.3, 0.4) is 0 Å². The van der Waals surface area contributed by atoms with Crippen molar-refractivity contribution < 1.29 is 12.6 Å². The summed E-state index contributed by atoms with van der Waals surface area (Å²) < 4.78 is 25.8. The fourth-order valence-corrected chi connectivity index (χ4v) is 1.37. The molecule has 4 nitrogen and oxygen atoms in total. The Balaban J connectivity index is 3.10. The van der Waals surface area contributed by atoms with E-state index >= 15 is 0 Å². The quantitative estimate of drug-likeness (QED) is 0.772. The smallest absolute Gasteiger partial charge is 0.371 e. The number of nitrogens with two attached hydrogens (primary N) is 1. The Morgan fingerprint density at radius 1 is 1.31 bits per heavy atom. The largest absolute Gasteiger partial charge is 0.380 e.